The molecule has 8 nitrogen and oxygen atoms in total. The van der Waals surface area contributed by atoms with Crippen molar-refractivity contribution in [2.75, 3.05) is 19.8 Å². The number of hydrogen-bond donors (Lipinski definition) is 2. The van der Waals surface area contributed by atoms with Crippen molar-refractivity contribution in [3.63, 3.8) is 0 Å². The van der Waals surface area contributed by atoms with Gasteiger partial charge in [-0.15, -0.1) is 0 Å². The summed E-state index contributed by atoms with van der Waals surface area (Å²) in [7, 11) is 0. The molecule has 0 spiro atoms. The summed E-state index contributed by atoms with van der Waals surface area (Å²) in [6.07, 6.45) is -1.03. The number of rotatable bonds is 9. The van der Waals surface area contributed by atoms with Gasteiger partial charge in [-0.2, -0.15) is 0 Å². The van der Waals surface area contributed by atoms with Gasteiger partial charge in [0.25, 0.3) is 5.91 Å². The van der Waals surface area contributed by atoms with E-state index in [-0.39, 0.29) is 10.9 Å². The second kappa shape index (κ2) is 12.1. The minimum Gasteiger partial charge on any atom is -0.494 e. The SMILES string of the molecule is CCOc1cc(Cl)ccc1CCNC(=O)c1ccc(Oc2cc3c(cc2Cl)C(OC(=O)O)CCO3)cc1. The number of carbonyl (C=O) groups excluding carboxylic acids is 1. The predicted octanol–water partition coefficient (Wildman–Crippen LogP) is 6.68. The lowest BCUT2D eigenvalue weighted by Gasteiger charge is -2.25. The zero-order valence-corrected chi connectivity index (χ0v) is 21.5. The molecule has 10 heteroatoms. The molecule has 194 valence electrons. The van der Waals surface area contributed by atoms with Gasteiger partial charge in [-0.05, 0) is 61.4 Å². The molecule has 1 aliphatic rings. The van der Waals surface area contributed by atoms with Crippen LogP contribution < -0.4 is 19.5 Å². The van der Waals surface area contributed by atoms with Crippen molar-refractivity contribution in [3.05, 3.63) is 81.3 Å². The van der Waals surface area contributed by atoms with E-state index in [1.807, 2.05) is 13.0 Å². The molecule has 0 fully saturated rings. The van der Waals surface area contributed by atoms with Crippen LogP contribution in [0, 0.1) is 0 Å². The Hall–Kier alpha value is -3.62. The van der Waals surface area contributed by atoms with Crippen LogP contribution in [0.2, 0.25) is 10.0 Å². The van der Waals surface area contributed by atoms with Crippen molar-refractivity contribution in [3.8, 4) is 23.0 Å². The Kier molecular flexibility index (Phi) is 8.63. The molecular weight excluding hydrogens is 521 g/mol. The lowest BCUT2D eigenvalue weighted by Crippen LogP contribution is -2.25. The van der Waals surface area contributed by atoms with E-state index in [0.717, 1.165) is 5.56 Å². The fourth-order valence-electron chi connectivity index (χ4n) is 3.92. The molecule has 3 aromatic rings. The van der Waals surface area contributed by atoms with Crippen LogP contribution in [0.15, 0.2) is 54.6 Å². The minimum atomic E-state index is -1.36. The van der Waals surface area contributed by atoms with Gasteiger partial charge in [-0.3, -0.25) is 4.79 Å². The van der Waals surface area contributed by atoms with Crippen molar-refractivity contribution in [2.45, 2.75) is 25.9 Å². The van der Waals surface area contributed by atoms with Gasteiger partial charge >= 0.3 is 6.16 Å². The quantitative estimate of drug-likeness (QED) is 0.289. The highest BCUT2D eigenvalue weighted by molar-refractivity contribution is 6.32. The first-order chi connectivity index (χ1) is 17.8. The zero-order chi connectivity index (χ0) is 26.4. The van der Waals surface area contributed by atoms with Gasteiger partial charge in [0.2, 0.25) is 0 Å². The molecule has 1 heterocycles. The smallest absolute Gasteiger partial charge is 0.494 e. The third-order valence-corrected chi connectivity index (χ3v) is 6.18. The predicted molar refractivity (Wildman–Crippen MR) is 139 cm³/mol. The van der Waals surface area contributed by atoms with Crippen molar-refractivity contribution in [1.29, 1.82) is 0 Å². The number of hydrogen-bond acceptors (Lipinski definition) is 6. The van der Waals surface area contributed by atoms with Crippen LogP contribution in [0.4, 0.5) is 4.79 Å². The van der Waals surface area contributed by atoms with E-state index in [0.29, 0.717) is 71.7 Å². The van der Waals surface area contributed by atoms with Crippen LogP contribution in [0.3, 0.4) is 0 Å². The van der Waals surface area contributed by atoms with E-state index >= 15 is 0 Å². The maximum atomic E-state index is 12.6. The van der Waals surface area contributed by atoms with Gasteiger partial charge in [0, 0.05) is 35.2 Å². The summed E-state index contributed by atoms with van der Waals surface area (Å²) in [6.45, 7) is 3.16. The van der Waals surface area contributed by atoms with Crippen molar-refractivity contribution < 1.29 is 33.6 Å². The number of amides is 1. The topological polar surface area (TPSA) is 103 Å². The summed E-state index contributed by atoms with van der Waals surface area (Å²) in [5, 5.41) is 12.7. The van der Waals surface area contributed by atoms with E-state index in [2.05, 4.69) is 5.32 Å². The first-order valence-corrected chi connectivity index (χ1v) is 12.4. The third-order valence-electron chi connectivity index (χ3n) is 5.65. The van der Waals surface area contributed by atoms with Gasteiger partial charge < -0.3 is 29.4 Å². The molecule has 0 saturated heterocycles. The number of ether oxygens (including phenoxy) is 4. The molecule has 1 amide bonds. The maximum absolute atomic E-state index is 12.6. The number of carbonyl (C=O) groups is 2. The average molecular weight is 546 g/mol. The Morgan fingerprint density at radius 2 is 1.86 bits per heavy atom. The number of carboxylic acid groups (broad SMARTS) is 1. The molecule has 0 aliphatic carbocycles. The molecule has 1 aliphatic heterocycles. The summed E-state index contributed by atoms with van der Waals surface area (Å²) in [5.41, 5.74) is 1.98. The van der Waals surface area contributed by atoms with Crippen molar-refractivity contribution >= 4 is 35.3 Å². The Morgan fingerprint density at radius 3 is 2.59 bits per heavy atom. The lowest BCUT2D eigenvalue weighted by atomic mass is 10.0. The summed E-state index contributed by atoms with van der Waals surface area (Å²) in [4.78, 5) is 23.6. The van der Waals surface area contributed by atoms with Crippen LogP contribution in [0.5, 0.6) is 23.0 Å². The molecule has 0 saturated carbocycles. The highest BCUT2D eigenvalue weighted by Gasteiger charge is 2.27. The first-order valence-electron chi connectivity index (χ1n) is 11.7. The highest BCUT2D eigenvalue weighted by atomic mass is 35.5. The zero-order valence-electron chi connectivity index (χ0n) is 20.0. The molecular formula is C27H25Cl2NO7. The standard InChI is InChI=1S/C27H25Cl2NO7/c1-2-34-23-13-18(28)6-3-16(23)9-11-30-26(31)17-4-7-19(8-5-17)36-25-15-24-20(14-21(25)29)22(10-12-35-24)37-27(32)33/h3-8,13-15,22H,2,9-12H2,1H3,(H,30,31)(H,32,33). The first kappa shape index (κ1) is 26.4. The highest BCUT2D eigenvalue weighted by Crippen LogP contribution is 2.42. The number of fused-ring (bicyclic) bond motifs is 1. The summed E-state index contributed by atoms with van der Waals surface area (Å²) in [5.74, 6) is 1.74. The summed E-state index contributed by atoms with van der Waals surface area (Å²) >= 11 is 12.4. The molecule has 37 heavy (non-hydrogen) atoms. The molecule has 0 radical (unpaired) electrons. The second-order valence-electron chi connectivity index (χ2n) is 8.15. The van der Waals surface area contributed by atoms with Crippen LogP contribution in [0.1, 0.15) is 40.9 Å². The largest absolute Gasteiger partial charge is 0.506 e. The third kappa shape index (κ3) is 6.78. The van der Waals surface area contributed by atoms with Crippen LogP contribution in [-0.2, 0) is 11.2 Å². The molecule has 0 aromatic heterocycles. The molecule has 0 bridgehead atoms. The van der Waals surface area contributed by atoms with E-state index in [1.165, 1.54) is 0 Å². The molecule has 1 unspecified atom stereocenters. The Labute approximate surface area is 224 Å². The van der Waals surface area contributed by atoms with E-state index in [9.17, 15) is 9.59 Å². The fraction of sp³-hybridized carbons (Fsp3) is 0.259. The summed E-state index contributed by atoms with van der Waals surface area (Å²) in [6, 6.07) is 15.3. The van der Waals surface area contributed by atoms with E-state index in [4.69, 9.17) is 47.3 Å². The van der Waals surface area contributed by atoms with Crippen molar-refractivity contribution in [1.82, 2.24) is 5.32 Å². The summed E-state index contributed by atoms with van der Waals surface area (Å²) < 4.78 is 22.1. The number of benzene rings is 3. The Balaban J connectivity index is 1.36. The van der Waals surface area contributed by atoms with Gasteiger partial charge in [-0.1, -0.05) is 29.3 Å². The molecule has 4 rings (SSSR count). The minimum absolute atomic E-state index is 0.219. The normalized spacial score (nSPS) is 14.2. The van der Waals surface area contributed by atoms with Crippen molar-refractivity contribution in [2.24, 2.45) is 0 Å². The van der Waals surface area contributed by atoms with Gasteiger partial charge in [0.15, 0.2) is 0 Å². The van der Waals surface area contributed by atoms with E-state index in [1.54, 1.807) is 48.5 Å². The van der Waals surface area contributed by atoms with E-state index < -0.39 is 12.3 Å². The Bertz CT molecular complexity index is 1280. The second-order valence-corrected chi connectivity index (χ2v) is 8.99. The van der Waals surface area contributed by atoms with Crippen LogP contribution in [-0.4, -0.2) is 36.9 Å². The Morgan fingerprint density at radius 1 is 1.08 bits per heavy atom. The lowest BCUT2D eigenvalue weighted by molar-refractivity contribution is 0.0326. The average Bonchev–Trinajstić information content (AvgIpc) is 2.86. The van der Waals surface area contributed by atoms with Gasteiger partial charge in [0.1, 0.15) is 29.1 Å². The van der Waals surface area contributed by atoms with Crippen LogP contribution >= 0.6 is 23.2 Å². The fourth-order valence-corrected chi connectivity index (χ4v) is 4.29. The molecule has 3 aromatic carbocycles. The molecule has 1 atom stereocenters. The van der Waals surface area contributed by atoms with Gasteiger partial charge in [-0.25, -0.2) is 4.79 Å². The number of nitrogens with one attached hydrogen (secondary N) is 1. The monoisotopic (exact) mass is 545 g/mol. The molecule has 2 N–H and O–H groups in total. The van der Waals surface area contributed by atoms with Gasteiger partial charge in [0.05, 0.1) is 18.2 Å². The maximum Gasteiger partial charge on any atom is 0.506 e. The number of halogens is 2. The van der Waals surface area contributed by atoms with Crippen LogP contribution in [0.25, 0.3) is 0 Å².